The van der Waals surface area contributed by atoms with Gasteiger partial charge < -0.3 is 0 Å². The molecule has 0 unspecified atom stereocenters. The molecule has 0 aliphatic heterocycles. The Morgan fingerprint density at radius 3 is 2.41 bits per heavy atom. The maximum absolute atomic E-state index is 4.45. The molecule has 4 fully saturated rings. The molecule has 1 nitrogen and oxygen atoms in total. The number of fused-ring (bicyclic) bond motifs is 1. The predicted octanol–water partition coefficient (Wildman–Crippen LogP) is 4.17. The average Bonchev–Trinajstić information content (AvgIpc) is 2.43. The van der Waals surface area contributed by atoms with Gasteiger partial charge in [0, 0.05) is 0 Å². The maximum Gasteiger partial charge on any atom is 0.0549 e. The zero-order valence-electron chi connectivity index (χ0n) is 11.9. The largest absolute Gasteiger partial charge is 0.297 e. The summed E-state index contributed by atoms with van der Waals surface area (Å²) in [5.41, 5.74) is 1.08. The highest BCUT2D eigenvalue weighted by Crippen LogP contribution is 2.70. The van der Waals surface area contributed by atoms with Crippen LogP contribution in [0.5, 0.6) is 0 Å². The maximum atomic E-state index is 4.45. The van der Waals surface area contributed by atoms with Crippen molar-refractivity contribution < 1.29 is 0 Å². The van der Waals surface area contributed by atoms with Crippen molar-refractivity contribution in [1.82, 2.24) is 0 Å². The van der Waals surface area contributed by atoms with Gasteiger partial charge in [0.2, 0.25) is 0 Å². The fourth-order valence-electron chi connectivity index (χ4n) is 5.95. The second-order valence-corrected chi connectivity index (χ2v) is 8.01. The van der Waals surface area contributed by atoms with E-state index in [1.54, 1.807) is 0 Å². The van der Waals surface area contributed by atoms with Crippen molar-refractivity contribution in [2.24, 2.45) is 39.5 Å². The van der Waals surface area contributed by atoms with Crippen LogP contribution in [0.4, 0.5) is 0 Å². The summed E-state index contributed by atoms with van der Waals surface area (Å²) in [7, 11) is 0. The van der Waals surface area contributed by atoms with Crippen molar-refractivity contribution >= 4 is 6.72 Å². The zero-order valence-corrected chi connectivity index (χ0v) is 11.9. The number of hydrogen-bond acceptors (Lipinski definition) is 1. The Morgan fingerprint density at radius 2 is 1.88 bits per heavy atom. The SMILES string of the molecule is C=N[C@H]1C[C@@H]2[C@@H]3C[C@@]1(C)C[C@@]2(C)C[C@H]3C(C)C. The first-order valence-corrected chi connectivity index (χ1v) is 7.35. The Labute approximate surface area is 106 Å². The van der Waals surface area contributed by atoms with E-state index in [2.05, 4.69) is 39.4 Å². The van der Waals surface area contributed by atoms with Gasteiger partial charge in [-0.05, 0) is 66.9 Å². The Morgan fingerprint density at radius 1 is 1.18 bits per heavy atom. The molecular weight excluding hydrogens is 206 g/mol. The summed E-state index contributed by atoms with van der Waals surface area (Å²) in [6.45, 7) is 13.7. The first kappa shape index (κ1) is 11.7. The van der Waals surface area contributed by atoms with Crippen LogP contribution in [0.2, 0.25) is 0 Å². The van der Waals surface area contributed by atoms with Gasteiger partial charge >= 0.3 is 0 Å². The zero-order chi connectivity index (χ0) is 12.4. The Kier molecular flexibility index (Phi) is 2.32. The number of nitrogens with zero attached hydrogens (tertiary/aromatic N) is 1. The monoisotopic (exact) mass is 233 g/mol. The molecule has 4 saturated carbocycles. The predicted molar refractivity (Wildman–Crippen MR) is 73.3 cm³/mol. The minimum absolute atomic E-state index is 0.458. The van der Waals surface area contributed by atoms with Gasteiger partial charge in [-0.25, -0.2) is 0 Å². The summed E-state index contributed by atoms with van der Waals surface area (Å²) < 4.78 is 0. The van der Waals surface area contributed by atoms with Crippen molar-refractivity contribution in [1.29, 1.82) is 0 Å². The summed E-state index contributed by atoms with van der Waals surface area (Å²) in [6.07, 6.45) is 5.61. The number of aliphatic imine (C=N–C) groups is 1. The third kappa shape index (κ3) is 1.40. The van der Waals surface area contributed by atoms with E-state index < -0.39 is 0 Å². The van der Waals surface area contributed by atoms with Crippen molar-refractivity contribution in [2.75, 3.05) is 0 Å². The van der Waals surface area contributed by atoms with Crippen molar-refractivity contribution in [3.63, 3.8) is 0 Å². The second-order valence-electron chi connectivity index (χ2n) is 8.01. The molecule has 4 aliphatic rings. The third-order valence-electron chi connectivity index (χ3n) is 6.53. The highest BCUT2D eigenvalue weighted by atomic mass is 14.8. The molecule has 0 radical (unpaired) electrons. The van der Waals surface area contributed by atoms with Crippen LogP contribution in [0.3, 0.4) is 0 Å². The van der Waals surface area contributed by atoms with Crippen LogP contribution in [0.1, 0.15) is 53.4 Å². The van der Waals surface area contributed by atoms with Crippen LogP contribution in [-0.2, 0) is 0 Å². The average molecular weight is 233 g/mol. The molecule has 0 aromatic heterocycles. The molecule has 0 aromatic rings. The normalized spacial score (nSPS) is 56.5. The van der Waals surface area contributed by atoms with E-state index in [1.807, 2.05) is 0 Å². The van der Waals surface area contributed by atoms with Gasteiger partial charge in [-0.1, -0.05) is 27.7 Å². The molecule has 4 bridgehead atoms. The smallest absolute Gasteiger partial charge is 0.0549 e. The lowest BCUT2D eigenvalue weighted by Gasteiger charge is -2.57. The van der Waals surface area contributed by atoms with Crippen LogP contribution in [0.15, 0.2) is 4.99 Å². The first-order chi connectivity index (χ1) is 7.89. The summed E-state index contributed by atoms with van der Waals surface area (Å²) in [6, 6.07) is 0.544. The third-order valence-corrected chi connectivity index (χ3v) is 6.53. The van der Waals surface area contributed by atoms with E-state index in [4.69, 9.17) is 0 Å². The van der Waals surface area contributed by atoms with E-state index in [-0.39, 0.29) is 0 Å². The molecule has 0 N–H and O–H groups in total. The molecule has 1 heteroatoms. The Bertz CT molecular complexity index is 347. The van der Waals surface area contributed by atoms with Gasteiger partial charge in [-0.2, -0.15) is 0 Å². The molecular formula is C16H27N. The van der Waals surface area contributed by atoms with Crippen LogP contribution >= 0.6 is 0 Å². The van der Waals surface area contributed by atoms with Crippen LogP contribution in [0, 0.1) is 34.5 Å². The van der Waals surface area contributed by atoms with E-state index >= 15 is 0 Å². The van der Waals surface area contributed by atoms with Crippen molar-refractivity contribution in [2.45, 2.75) is 59.4 Å². The fraction of sp³-hybridized carbons (Fsp3) is 0.938. The van der Waals surface area contributed by atoms with Gasteiger partial charge in [0.05, 0.1) is 6.04 Å². The number of rotatable bonds is 2. The van der Waals surface area contributed by atoms with Crippen LogP contribution in [-0.4, -0.2) is 12.8 Å². The quantitative estimate of drug-likeness (QED) is 0.635. The van der Waals surface area contributed by atoms with Crippen molar-refractivity contribution in [3.8, 4) is 0 Å². The van der Waals surface area contributed by atoms with Gasteiger partial charge in [-0.15, -0.1) is 0 Å². The molecule has 4 aliphatic carbocycles. The molecule has 96 valence electrons. The molecule has 0 amide bonds. The van der Waals surface area contributed by atoms with E-state index in [0.717, 1.165) is 23.7 Å². The molecule has 4 rings (SSSR count). The molecule has 0 aromatic carbocycles. The first-order valence-electron chi connectivity index (χ1n) is 7.35. The summed E-state index contributed by atoms with van der Waals surface area (Å²) >= 11 is 0. The molecule has 0 saturated heterocycles. The van der Waals surface area contributed by atoms with Crippen LogP contribution < -0.4 is 0 Å². The second kappa shape index (κ2) is 3.36. The number of hydrogen-bond donors (Lipinski definition) is 0. The molecule has 17 heavy (non-hydrogen) atoms. The van der Waals surface area contributed by atoms with Crippen molar-refractivity contribution in [3.05, 3.63) is 0 Å². The minimum Gasteiger partial charge on any atom is -0.297 e. The molecule has 6 atom stereocenters. The minimum atomic E-state index is 0.458. The standard InChI is InChI=1S/C16H27N/c1-10(2)11-7-15(3)9-16(4)8-12(11)13(15)6-14(16)17-5/h10-14H,5-9H2,1-4H3/t11-,12+,13+,14-,15+,16-/m0/s1. The topological polar surface area (TPSA) is 12.4 Å². The summed E-state index contributed by atoms with van der Waals surface area (Å²) in [4.78, 5) is 4.45. The highest BCUT2D eigenvalue weighted by Gasteiger charge is 2.64. The van der Waals surface area contributed by atoms with E-state index in [0.29, 0.717) is 16.9 Å². The summed E-state index contributed by atoms with van der Waals surface area (Å²) in [5, 5.41) is 0. The highest BCUT2D eigenvalue weighted by molar-refractivity contribution is 5.27. The lowest BCUT2D eigenvalue weighted by molar-refractivity contribution is -0.0591. The lowest BCUT2D eigenvalue weighted by atomic mass is 9.49. The molecule has 0 heterocycles. The van der Waals surface area contributed by atoms with Gasteiger partial charge in [-0.3, -0.25) is 4.99 Å². The van der Waals surface area contributed by atoms with Crippen LogP contribution in [0.25, 0.3) is 0 Å². The lowest BCUT2D eigenvalue weighted by Crippen LogP contribution is -2.52. The van der Waals surface area contributed by atoms with Gasteiger partial charge in [0.25, 0.3) is 0 Å². The Balaban J connectivity index is 1.97. The molecule has 0 spiro atoms. The van der Waals surface area contributed by atoms with Gasteiger partial charge in [0.15, 0.2) is 0 Å². The Hall–Kier alpha value is -0.330. The van der Waals surface area contributed by atoms with Gasteiger partial charge in [0.1, 0.15) is 0 Å². The van der Waals surface area contributed by atoms with E-state index in [9.17, 15) is 0 Å². The van der Waals surface area contributed by atoms with E-state index in [1.165, 1.54) is 25.7 Å². The summed E-state index contributed by atoms with van der Waals surface area (Å²) in [5.74, 6) is 3.75. The fourth-order valence-corrected chi connectivity index (χ4v) is 5.95.